The minimum Gasteiger partial charge on any atom is -0.306 e. The lowest BCUT2D eigenvalue weighted by atomic mass is 9.87. The normalized spacial score (nSPS) is 16.0. The number of likely N-dealkylation sites (N-methyl/N-ethyl adjacent to an activating group) is 1. The third-order valence-electron chi connectivity index (χ3n) is 3.79. The van der Waals surface area contributed by atoms with Crippen molar-refractivity contribution in [1.82, 2.24) is 4.98 Å². The van der Waals surface area contributed by atoms with E-state index >= 15 is 0 Å². The summed E-state index contributed by atoms with van der Waals surface area (Å²) in [5, 5.41) is 12.1. The molecule has 22 heavy (non-hydrogen) atoms. The maximum atomic E-state index is 12.2. The van der Waals surface area contributed by atoms with Gasteiger partial charge in [0, 0.05) is 29.3 Å². The van der Waals surface area contributed by atoms with E-state index in [0.29, 0.717) is 15.0 Å². The zero-order valence-corrected chi connectivity index (χ0v) is 14.5. The number of halogens is 1. The summed E-state index contributed by atoms with van der Waals surface area (Å²) in [6.45, 7) is 3.72. The first kappa shape index (κ1) is 15.1. The van der Waals surface area contributed by atoms with E-state index in [1.54, 1.807) is 11.9 Å². The van der Waals surface area contributed by atoms with Crippen molar-refractivity contribution in [1.29, 1.82) is 0 Å². The first-order chi connectivity index (χ1) is 10.2. The Bertz CT molecular complexity index is 816. The lowest BCUT2D eigenvalue weighted by Gasteiger charge is -2.17. The molecule has 6 nitrogen and oxygen atoms in total. The molecule has 0 bridgehead atoms. The number of rotatable bonds is 2. The Hall–Kier alpha value is -1.80. The van der Waals surface area contributed by atoms with E-state index in [4.69, 9.17) is 0 Å². The van der Waals surface area contributed by atoms with Crippen LogP contribution in [0, 0.1) is 10.1 Å². The van der Waals surface area contributed by atoms with Gasteiger partial charge in [0.25, 0.3) is 5.69 Å². The molecule has 0 unspecified atom stereocenters. The van der Waals surface area contributed by atoms with Crippen molar-refractivity contribution in [2.45, 2.75) is 19.3 Å². The van der Waals surface area contributed by atoms with Gasteiger partial charge in [-0.15, -0.1) is 11.3 Å². The molecule has 0 fully saturated rings. The first-order valence-corrected chi connectivity index (χ1v) is 8.07. The van der Waals surface area contributed by atoms with Crippen LogP contribution in [0.1, 0.15) is 19.4 Å². The SMILES string of the molecule is CN1C(=O)C(C)(C)c2cc(-c3ncc(Br)cc3[N+](=O)[O-])sc21. The second-order valence-electron chi connectivity index (χ2n) is 5.60. The molecular weight excluding hydrogens is 370 g/mol. The monoisotopic (exact) mass is 381 g/mol. The fourth-order valence-electron chi connectivity index (χ4n) is 2.58. The molecule has 0 aromatic carbocycles. The molecule has 0 aliphatic carbocycles. The third-order valence-corrected chi connectivity index (χ3v) is 5.45. The predicted molar refractivity (Wildman–Crippen MR) is 88.3 cm³/mol. The van der Waals surface area contributed by atoms with E-state index in [1.165, 1.54) is 23.6 Å². The van der Waals surface area contributed by atoms with Crippen molar-refractivity contribution < 1.29 is 9.72 Å². The third kappa shape index (κ3) is 2.05. The maximum absolute atomic E-state index is 12.2. The van der Waals surface area contributed by atoms with Crippen molar-refractivity contribution >= 4 is 43.9 Å². The van der Waals surface area contributed by atoms with E-state index in [1.807, 2.05) is 19.9 Å². The largest absolute Gasteiger partial charge is 0.306 e. The van der Waals surface area contributed by atoms with E-state index < -0.39 is 10.3 Å². The van der Waals surface area contributed by atoms with Gasteiger partial charge in [0.2, 0.25) is 5.91 Å². The number of carbonyl (C=O) groups excluding carboxylic acids is 1. The molecule has 0 saturated carbocycles. The van der Waals surface area contributed by atoms with Crippen molar-refractivity contribution in [2.24, 2.45) is 0 Å². The molecule has 2 aromatic rings. The molecule has 1 aliphatic heterocycles. The highest BCUT2D eigenvalue weighted by molar-refractivity contribution is 9.10. The van der Waals surface area contributed by atoms with E-state index in [-0.39, 0.29) is 11.6 Å². The number of carbonyl (C=O) groups is 1. The Morgan fingerprint density at radius 3 is 2.68 bits per heavy atom. The second-order valence-corrected chi connectivity index (χ2v) is 7.54. The minimum absolute atomic E-state index is 0.0264. The van der Waals surface area contributed by atoms with Gasteiger partial charge in [-0.05, 0) is 35.8 Å². The van der Waals surface area contributed by atoms with Crippen molar-refractivity contribution in [2.75, 3.05) is 11.9 Å². The van der Waals surface area contributed by atoms with Crippen molar-refractivity contribution in [3.63, 3.8) is 0 Å². The summed E-state index contributed by atoms with van der Waals surface area (Å²) in [5.74, 6) is 0.0264. The summed E-state index contributed by atoms with van der Waals surface area (Å²) in [7, 11) is 1.72. The lowest BCUT2D eigenvalue weighted by molar-refractivity contribution is -0.384. The van der Waals surface area contributed by atoms with Gasteiger partial charge in [0.15, 0.2) is 5.69 Å². The topological polar surface area (TPSA) is 76.3 Å². The smallest absolute Gasteiger partial charge is 0.297 e. The van der Waals surface area contributed by atoms with Crippen molar-refractivity contribution in [3.8, 4) is 10.6 Å². The van der Waals surface area contributed by atoms with Crippen molar-refractivity contribution in [3.05, 3.63) is 38.5 Å². The highest BCUT2D eigenvalue weighted by Gasteiger charge is 2.44. The molecule has 2 aromatic heterocycles. The van der Waals surface area contributed by atoms with Crippen LogP contribution in [0.5, 0.6) is 0 Å². The molecular formula is C14H12BrN3O3S. The van der Waals surface area contributed by atoms with E-state index in [2.05, 4.69) is 20.9 Å². The van der Waals surface area contributed by atoms with Gasteiger partial charge < -0.3 is 4.90 Å². The van der Waals surface area contributed by atoms with Crippen LogP contribution < -0.4 is 4.90 Å². The Balaban J connectivity index is 2.18. The Morgan fingerprint density at radius 2 is 2.09 bits per heavy atom. The number of amides is 1. The minimum atomic E-state index is -0.622. The molecule has 3 rings (SSSR count). The molecule has 1 amide bonds. The van der Waals surface area contributed by atoms with Gasteiger partial charge in [-0.2, -0.15) is 0 Å². The highest BCUT2D eigenvalue weighted by Crippen LogP contribution is 2.49. The highest BCUT2D eigenvalue weighted by atomic mass is 79.9. The number of nitrogens with zero attached hydrogens (tertiary/aromatic N) is 3. The maximum Gasteiger partial charge on any atom is 0.297 e. The van der Waals surface area contributed by atoms with Crippen LogP contribution in [0.2, 0.25) is 0 Å². The molecule has 1 aliphatic rings. The average Bonchev–Trinajstić information content (AvgIpc) is 2.96. The van der Waals surface area contributed by atoms with Gasteiger partial charge in [0.05, 0.1) is 15.2 Å². The molecule has 0 spiro atoms. The average molecular weight is 382 g/mol. The summed E-state index contributed by atoms with van der Waals surface area (Å²) >= 11 is 4.55. The number of fused-ring (bicyclic) bond motifs is 1. The number of nitro groups is 1. The second kappa shape index (κ2) is 4.85. The zero-order chi connectivity index (χ0) is 16.2. The number of aromatic nitrogens is 1. The van der Waals surface area contributed by atoms with Crippen LogP contribution in [0.15, 0.2) is 22.8 Å². The number of hydrogen-bond donors (Lipinski definition) is 0. The molecule has 8 heteroatoms. The number of hydrogen-bond acceptors (Lipinski definition) is 5. The van der Waals surface area contributed by atoms with Crippen LogP contribution >= 0.6 is 27.3 Å². The van der Waals surface area contributed by atoms with Crippen LogP contribution in [0.4, 0.5) is 10.7 Å². The van der Waals surface area contributed by atoms with Crippen LogP contribution in [-0.2, 0) is 10.2 Å². The summed E-state index contributed by atoms with van der Waals surface area (Å²) in [4.78, 5) is 29.5. The molecule has 114 valence electrons. The molecule has 3 heterocycles. The Labute approximate surface area is 139 Å². The number of thiophene rings is 1. The number of anilines is 1. The fraction of sp³-hybridized carbons (Fsp3) is 0.286. The van der Waals surface area contributed by atoms with Crippen LogP contribution in [0.25, 0.3) is 10.6 Å². The molecule has 0 radical (unpaired) electrons. The summed E-state index contributed by atoms with van der Waals surface area (Å²) in [6.07, 6.45) is 1.53. The number of pyridine rings is 1. The zero-order valence-electron chi connectivity index (χ0n) is 12.1. The quantitative estimate of drug-likeness (QED) is 0.586. The van der Waals surface area contributed by atoms with Gasteiger partial charge >= 0.3 is 0 Å². The van der Waals surface area contributed by atoms with E-state index in [0.717, 1.165) is 10.6 Å². The Morgan fingerprint density at radius 1 is 1.41 bits per heavy atom. The van der Waals surface area contributed by atoms with Crippen LogP contribution in [0.3, 0.4) is 0 Å². The Kier molecular flexibility index (Phi) is 3.33. The standard InChI is InChI=1S/C14H12BrN3O3S/c1-14(2)8-5-10(22-12(8)17(3)13(14)19)11-9(18(20)21)4-7(15)6-16-11/h4-6H,1-3H3. The molecule has 0 saturated heterocycles. The van der Waals surface area contributed by atoms with Gasteiger partial charge in [-0.1, -0.05) is 0 Å². The van der Waals surface area contributed by atoms with Gasteiger partial charge in [0.1, 0.15) is 5.00 Å². The molecule has 0 atom stereocenters. The van der Waals surface area contributed by atoms with E-state index in [9.17, 15) is 14.9 Å². The lowest BCUT2D eigenvalue weighted by Crippen LogP contribution is -2.33. The first-order valence-electron chi connectivity index (χ1n) is 6.46. The van der Waals surface area contributed by atoms with Gasteiger partial charge in [-0.25, -0.2) is 4.98 Å². The summed E-state index contributed by atoms with van der Waals surface area (Å²) in [6, 6.07) is 3.28. The van der Waals surface area contributed by atoms with Crippen LogP contribution in [-0.4, -0.2) is 22.9 Å². The molecule has 0 N–H and O–H groups in total. The summed E-state index contributed by atoms with van der Waals surface area (Å²) in [5.41, 5.74) is 0.535. The fourth-order valence-corrected chi connectivity index (χ4v) is 4.18. The summed E-state index contributed by atoms with van der Waals surface area (Å²) < 4.78 is 0.555. The van der Waals surface area contributed by atoms with Gasteiger partial charge in [-0.3, -0.25) is 14.9 Å². The predicted octanol–water partition coefficient (Wildman–Crippen LogP) is 3.73.